The van der Waals surface area contributed by atoms with Crippen molar-refractivity contribution >= 4 is 6.09 Å². The molecule has 20 heavy (non-hydrogen) atoms. The highest BCUT2D eigenvalue weighted by atomic mass is 16.6. The first-order valence-corrected chi connectivity index (χ1v) is 7.63. The zero-order valence-electron chi connectivity index (χ0n) is 13.0. The van der Waals surface area contributed by atoms with Crippen molar-refractivity contribution in [2.24, 2.45) is 0 Å². The maximum absolute atomic E-state index is 12.1. The lowest BCUT2D eigenvalue weighted by Gasteiger charge is -2.27. The van der Waals surface area contributed by atoms with Gasteiger partial charge in [0.25, 0.3) is 0 Å². The molecule has 0 aromatic rings. The second-order valence-corrected chi connectivity index (χ2v) is 6.59. The summed E-state index contributed by atoms with van der Waals surface area (Å²) in [5, 5.41) is 19.5. The van der Waals surface area contributed by atoms with Crippen LogP contribution in [0.3, 0.4) is 0 Å². The van der Waals surface area contributed by atoms with Crippen molar-refractivity contribution in [1.82, 2.24) is 4.90 Å². The van der Waals surface area contributed by atoms with Gasteiger partial charge in [-0.3, -0.25) is 0 Å². The monoisotopic (exact) mass is 287 g/mol. The Bertz CT molecular complexity index is 285. The minimum atomic E-state index is -0.636. The smallest absolute Gasteiger partial charge is 0.410 e. The van der Waals surface area contributed by atoms with E-state index >= 15 is 0 Å². The Morgan fingerprint density at radius 1 is 1.00 bits per heavy atom. The Kier molecular flexibility index (Phi) is 6.76. The summed E-state index contributed by atoms with van der Waals surface area (Å²) in [6.45, 7) is 6.90. The van der Waals surface area contributed by atoms with Crippen LogP contribution in [0.25, 0.3) is 0 Å². The van der Waals surface area contributed by atoms with Crippen LogP contribution in [-0.2, 0) is 4.74 Å². The lowest BCUT2D eigenvalue weighted by molar-refractivity contribution is 0.00782. The molecule has 1 saturated heterocycles. The first-order valence-electron chi connectivity index (χ1n) is 7.63. The molecule has 1 heterocycles. The van der Waals surface area contributed by atoms with E-state index in [1.165, 1.54) is 0 Å². The average molecular weight is 287 g/mol. The lowest BCUT2D eigenvalue weighted by atomic mass is 10.0. The number of hydrogen-bond donors (Lipinski definition) is 2. The second-order valence-electron chi connectivity index (χ2n) is 6.59. The van der Waals surface area contributed by atoms with Gasteiger partial charge in [-0.15, -0.1) is 0 Å². The Morgan fingerprint density at radius 3 is 1.85 bits per heavy atom. The summed E-state index contributed by atoms with van der Waals surface area (Å²) < 4.78 is 5.41. The van der Waals surface area contributed by atoms with Gasteiger partial charge in [-0.1, -0.05) is 0 Å². The van der Waals surface area contributed by atoms with Crippen molar-refractivity contribution in [3.63, 3.8) is 0 Å². The van der Waals surface area contributed by atoms with E-state index in [1.54, 1.807) is 4.90 Å². The number of rotatable bonds is 0. The van der Waals surface area contributed by atoms with Gasteiger partial charge >= 0.3 is 6.09 Å². The summed E-state index contributed by atoms with van der Waals surface area (Å²) in [5.41, 5.74) is -0.477. The van der Waals surface area contributed by atoms with E-state index in [0.29, 0.717) is 25.9 Å². The summed E-state index contributed by atoms with van der Waals surface area (Å²) in [7, 11) is 0. The Labute approximate surface area is 121 Å². The predicted octanol–water partition coefficient (Wildman–Crippen LogP) is 2.30. The van der Waals surface area contributed by atoms with Crippen LogP contribution in [0.15, 0.2) is 0 Å². The van der Waals surface area contributed by atoms with Crippen LogP contribution in [-0.4, -0.2) is 52.1 Å². The van der Waals surface area contributed by atoms with Crippen LogP contribution in [0.1, 0.15) is 59.3 Å². The molecule has 5 nitrogen and oxygen atoms in total. The Morgan fingerprint density at radius 2 is 1.45 bits per heavy atom. The molecule has 0 radical (unpaired) electrons. The van der Waals surface area contributed by atoms with Crippen LogP contribution < -0.4 is 0 Å². The van der Waals surface area contributed by atoms with Crippen LogP contribution in [0, 0.1) is 0 Å². The number of aliphatic hydroxyl groups excluding tert-OH is 2. The van der Waals surface area contributed by atoms with Crippen LogP contribution in [0.2, 0.25) is 0 Å². The molecule has 2 atom stereocenters. The summed E-state index contributed by atoms with van der Waals surface area (Å²) >= 11 is 0. The molecule has 1 aliphatic heterocycles. The molecule has 0 spiro atoms. The molecule has 1 aliphatic rings. The predicted molar refractivity (Wildman–Crippen MR) is 77.5 cm³/mol. The number of aliphatic hydroxyl groups is 2. The van der Waals surface area contributed by atoms with Gasteiger partial charge in [0.1, 0.15) is 5.60 Å². The van der Waals surface area contributed by atoms with E-state index in [0.717, 1.165) is 25.7 Å². The fourth-order valence-electron chi connectivity index (χ4n) is 2.32. The maximum atomic E-state index is 12.1. The zero-order valence-corrected chi connectivity index (χ0v) is 13.0. The molecule has 0 bridgehead atoms. The van der Waals surface area contributed by atoms with Gasteiger partial charge < -0.3 is 19.8 Å². The normalized spacial score (nSPS) is 26.8. The number of amides is 1. The molecule has 118 valence electrons. The zero-order chi connectivity index (χ0) is 15.2. The molecule has 0 aromatic carbocycles. The van der Waals surface area contributed by atoms with Crippen molar-refractivity contribution in [3.8, 4) is 0 Å². The summed E-state index contributed by atoms with van der Waals surface area (Å²) in [5.74, 6) is 0. The van der Waals surface area contributed by atoms with E-state index in [2.05, 4.69) is 0 Å². The van der Waals surface area contributed by atoms with Crippen LogP contribution in [0.5, 0.6) is 0 Å². The van der Waals surface area contributed by atoms with Crippen molar-refractivity contribution in [2.75, 3.05) is 13.1 Å². The van der Waals surface area contributed by atoms with Gasteiger partial charge in [0, 0.05) is 13.1 Å². The molecule has 1 fully saturated rings. The first-order chi connectivity index (χ1) is 9.29. The highest BCUT2D eigenvalue weighted by Gasteiger charge is 2.23. The largest absolute Gasteiger partial charge is 0.444 e. The van der Waals surface area contributed by atoms with Gasteiger partial charge in [0.05, 0.1) is 12.2 Å². The molecular weight excluding hydrogens is 258 g/mol. The van der Waals surface area contributed by atoms with Crippen molar-refractivity contribution in [3.05, 3.63) is 0 Å². The molecule has 2 unspecified atom stereocenters. The van der Waals surface area contributed by atoms with E-state index in [-0.39, 0.29) is 6.09 Å². The fourth-order valence-corrected chi connectivity index (χ4v) is 2.32. The maximum Gasteiger partial charge on any atom is 0.410 e. The van der Waals surface area contributed by atoms with Crippen molar-refractivity contribution < 1.29 is 19.7 Å². The molecular formula is C15H29NO4. The minimum Gasteiger partial charge on any atom is -0.444 e. The number of nitrogens with zero attached hydrogens (tertiary/aromatic N) is 1. The van der Waals surface area contributed by atoms with Crippen molar-refractivity contribution in [1.29, 1.82) is 0 Å². The lowest BCUT2D eigenvalue weighted by Crippen LogP contribution is -2.38. The quantitative estimate of drug-likeness (QED) is 0.717. The number of ether oxygens (including phenoxy) is 1. The summed E-state index contributed by atoms with van der Waals surface area (Å²) in [6.07, 6.45) is 2.89. The summed E-state index contributed by atoms with van der Waals surface area (Å²) in [6, 6.07) is 0. The standard InChI is InChI=1S/C15H29NO4/c1-15(2,3)20-14(19)16-10-6-4-8-12(17)13(18)9-5-7-11-16/h12-13,17-18H,4-11H2,1-3H3. The third kappa shape index (κ3) is 6.57. The molecule has 0 aromatic heterocycles. The Hall–Kier alpha value is -0.810. The van der Waals surface area contributed by atoms with Gasteiger partial charge in [-0.2, -0.15) is 0 Å². The van der Waals surface area contributed by atoms with Crippen molar-refractivity contribution in [2.45, 2.75) is 77.1 Å². The topological polar surface area (TPSA) is 70.0 Å². The highest BCUT2D eigenvalue weighted by Crippen LogP contribution is 2.16. The number of hydrogen-bond acceptors (Lipinski definition) is 4. The minimum absolute atomic E-state index is 0.266. The van der Waals surface area contributed by atoms with Gasteiger partial charge in [-0.05, 0) is 59.3 Å². The first kappa shape index (κ1) is 17.2. The third-order valence-corrected chi connectivity index (χ3v) is 3.45. The van der Waals surface area contributed by atoms with E-state index in [4.69, 9.17) is 4.74 Å². The molecule has 1 rings (SSSR count). The molecule has 0 aliphatic carbocycles. The van der Waals surface area contributed by atoms with E-state index in [9.17, 15) is 15.0 Å². The highest BCUT2D eigenvalue weighted by molar-refractivity contribution is 5.68. The fraction of sp³-hybridized carbons (Fsp3) is 0.933. The van der Waals surface area contributed by atoms with E-state index < -0.39 is 17.8 Å². The van der Waals surface area contributed by atoms with E-state index in [1.807, 2.05) is 20.8 Å². The molecule has 2 N–H and O–H groups in total. The summed E-state index contributed by atoms with van der Waals surface area (Å²) in [4.78, 5) is 13.8. The SMILES string of the molecule is CC(C)(C)OC(=O)N1CCCCC(O)C(O)CCCC1. The Balaban J connectivity index is 2.53. The number of carbonyl (C=O) groups excluding carboxylic acids is 1. The average Bonchev–Trinajstić information content (AvgIpc) is 2.36. The van der Waals surface area contributed by atoms with Crippen LogP contribution >= 0.6 is 0 Å². The van der Waals surface area contributed by atoms with Crippen LogP contribution in [0.4, 0.5) is 4.79 Å². The second kappa shape index (κ2) is 7.84. The van der Waals surface area contributed by atoms with Gasteiger partial charge in [0.2, 0.25) is 0 Å². The van der Waals surface area contributed by atoms with Gasteiger partial charge in [-0.25, -0.2) is 4.79 Å². The molecule has 5 heteroatoms. The van der Waals surface area contributed by atoms with Gasteiger partial charge in [0.15, 0.2) is 0 Å². The number of carbonyl (C=O) groups is 1. The molecule has 0 saturated carbocycles. The molecule has 1 amide bonds. The third-order valence-electron chi connectivity index (χ3n) is 3.45.